The first kappa shape index (κ1) is 21.5. The summed E-state index contributed by atoms with van der Waals surface area (Å²) in [7, 11) is 0. The maximum atomic E-state index is 13.1. The lowest BCUT2D eigenvalue weighted by Gasteiger charge is -2.12. The monoisotopic (exact) mass is 454 g/mol. The second kappa shape index (κ2) is 8.20. The van der Waals surface area contributed by atoms with Gasteiger partial charge in [0.1, 0.15) is 17.7 Å². The first-order chi connectivity index (χ1) is 16.3. The molecule has 0 fully saturated rings. The third-order valence-corrected chi connectivity index (χ3v) is 5.27. The summed E-state index contributed by atoms with van der Waals surface area (Å²) in [6.45, 7) is 5.18. The molecule has 0 unspecified atom stereocenters. The van der Waals surface area contributed by atoms with Gasteiger partial charge in [0.05, 0.1) is 5.69 Å². The molecule has 4 aromatic heterocycles. The number of aromatic nitrogens is 5. The molecule has 5 rings (SSSR count). The van der Waals surface area contributed by atoms with Gasteiger partial charge in [-0.2, -0.15) is 5.10 Å². The number of rotatable bonds is 5. The van der Waals surface area contributed by atoms with Crippen molar-refractivity contribution in [1.29, 1.82) is 0 Å². The maximum absolute atomic E-state index is 13.1. The molecule has 0 spiro atoms. The van der Waals surface area contributed by atoms with Crippen LogP contribution in [0, 0.1) is 6.92 Å². The van der Waals surface area contributed by atoms with Gasteiger partial charge in [-0.3, -0.25) is 9.78 Å². The molecule has 0 aliphatic carbocycles. The molecule has 0 bridgehead atoms. The van der Waals surface area contributed by atoms with Gasteiger partial charge in [-0.25, -0.2) is 14.5 Å². The van der Waals surface area contributed by atoms with Crippen LogP contribution in [0.3, 0.4) is 0 Å². The molecule has 5 aromatic rings. The smallest absolute Gasteiger partial charge is 0.278 e. The predicted octanol–water partition coefficient (Wildman–Crippen LogP) is 4.23. The van der Waals surface area contributed by atoms with Gasteiger partial charge in [0, 0.05) is 35.3 Å². The number of hydrogen-bond acceptors (Lipinski definition) is 7. The molecule has 0 aliphatic heterocycles. The van der Waals surface area contributed by atoms with Crippen LogP contribution in [0.2, 0.25) is 0 Å². The molecule has 0 radical (unpaired) electrons. The zero-order valence-corrected chi connectivity index (χ0v) is 18.9. The SMILES string of the molecule is Cc1cc(-c2nc(C(=O)Nc3nc4cc(C(C)(C)O)nn4cc3-c3ccccc3)co2)ccn1. The molecule has 1 aromatic carbocycles. The standard InChI is InChI=1S/C25H22N6O3/c1-15-11-17(9-10-26-15)24-27-19(14-34-24)23(32)29-22-18(16-7-5-4-6-8-16)13-31-21(28-22)12-20(30-31)25(2,3)33/h4-14,33H,1-3H3,(H,28,29,32). The van der Waals surface area contributed by atoms with Gasteiger partial charge in [0.25, 0.3) is 5.91 Å². The summed E-state index contributed by atoms with van der Waals surface area (Å²) >= 11 is 0. The Morgan fingerprint density at radius 1 is 1.09 bits per heavy atom. The van der Waals surface area contributed by atoms with Crippen LogP contribution in [0.25, 0.3) is 28.2 Å². The summed E-state index contributed by atoms with van der Waals surface area (Å²) < 4.78 is 7.12. The number of hydrogen-bond donors (Lipinski definition) is 2. The minimum atomic E-state index is -1.13. The number of benzene rings is 1. The number of carbonyl (C=O) groups excluding carboxylic acids is 1. The summed E-state index contributed by atoms with van der Waals surface area (Å²) in [6, 6.07) is 14.8. The number of aliphatic hydroxyl groups is 1. The van der Waals surface area contributed by atoms with Gasteiger partial charge >= 0.3 is 0 Å². The second-order valence-electron chi connectivity index (χ2n) is 8.44. The summed E-state index contributed by atoms with van der Waals surface area (Å²) in [4.78, 5) is 26.2. The molecule has 9 nitrogen and oxygen atoms in total. The van der Waals surface area contributed by atoms with Crippen molar-refractivity contribution >= 4 is 17.4 Å². The number of fused-ring (bicyclic) bond motifs is 1. The zero-order valence-electron chi connectivity index (χ0n) is 18.9. The summed E-state index contributed by atoms with van der Waals surface area (Å²) in [5.41, 5.74) is 3.01. The molecule has 1 amide bonds. The Morgan fingerprint density at radius 2 is 1.88 bits per heavy atom. The zero-order chi connectivity index (χ0) is 23.9. The lowest BCUT2D eigenvalue weighted by molar-refractivity contribution is 0.0735. The average molecular weight is 454 g/mol. The van der Waals surface area contributed by atoms with Gasteiger partial charge in [-0.05, 0) is 38.5 Å². The number of anilines is 1. The summed E-state index contributed by atoms with van der Waals surface area (Å²) in [5, 5.41) is 17.7. The third kappa shape index (κ3) is 4.16. The lowest BCUT2D eigenvalue weighted by Crippen LogP contribution is -2.16. The van der Waals surface area contributed by atoms with E-state index in [2.05, 4.69) is 25.4 Å². The Kier molecular flexibility index (Phi) is 5.18. The van der Waals surface area contributed by atoms with E-state index >= 15 is 0 Å². The molecule has 9 heteroatoms. The Hall–Kier alpha value is -4.37. The summed E-state index contributed by atoms with van der Waals surface area (Å²) in [5.74, 6) is 0.209. The van der Waals surface area contributed by atoms with E-state index in [9.17, 15) is 9.90 Å². The minimum Gasteiger partial charge on any atom is -0.444 e. The van der Waals surface area contributed by atoms with Crippen LogP contribution in [0.15, 0.2) is 71.6 Å². The molecule has 0 atom stereocenters. The van der Waals surface area contributed by atoms with E-state index < -0.39 is 11.5 Å². The molecule has 4 heterocycles. The van der Waals surface area contributed by atoms with Crippen LogP contribution in [0.5, 0.6) is 0 Å². The quantitative estimate of drug-likeness (QED) is 0.408. The molecule has 0 aliphatic rings. The highest BCUT2D eigenvalue weighted by Gasteiger charge is 2.22. The number of carbonyl (C=O) groups is 1. The lowest BCUT2D eigenvalue weighted by atomic mass is 10.1. The van der Waals surface area contributed by atoms with E-state index in [1.165, 1.54) is 6.26 Å². The van der Waals surface area contributed by atoms with Crippen LogP contribution in [0.1, 0.15) is 35.7 Å². The maximum Gasteiger partial charge on any atom is 0.278 e. The first-order valence-electron chi connectivity index (χ1n) is 10.7. The van der Waals surface area contributed by atoms with Crippen LogP contribution in [-0.2, 0) is 5.60 Å². The van der Waals surface area contributed by atoms with E-state index in [0.29, 0.717) is 28.6 Å². The molecule has 0 saturated heterocycles. The van der Waals surface area contributed by atoms with Crippen molar-refractivity contribution in [2.45, 2.75) is 26.4 Å². The van der Waals surface area contributed by atoms with Crippen LogP contribution in [-0.4, -0.2) is 35.6 Å². The van der Waals surface area contributed by atoms with Gasteiger partial charge in [-0.15, -0.1) is 0 Å². The minimum absolute atomic E-state index is 0.121. The Balaban J connectivity index is 1.53. The second-order valence-corrected chi connectivity index (χ2v) is 8.44. The van der Waals surface area contributed by atoms with E-state index in [0.717, 1.165) is 16.8 Å². The van der Waals surface area contributed by atoms with Crippen LogP contribution in [0.4, 0.5) is 5.82 Å². The van der Waals surface area contributed by atoms with E-state index in [4.69, 9.17) is 4.42 Å². The average Bonchev–Trinajstić information content (AvgIpc) is 3.46. The van der Waals surface area contributed by atoms with Crippen molar-refractivity contribution in [1.82, 2.24) is 24.6 Å². The third-order valence-electron chi connectivity index (χ3n) is 5.27. The van der Waals surface area contributed by atoms with Crippen LogP contribution < -0.4 is 5.32 Å². The van der Waals surface area contributed by atoms with Crippen molar-refractivity contribution in [2.75, 3.05) is 5.32 Å². The fourth-order valence-corrected chi connectivity index (χ4v) is 3.51. The van der Waals surface area contributed by atoms with Crippen molar-refractivity contribution in [3.63, 3.8) is 0 Å². The largest absolute Gasteiger partial charge is 0.444 e. The highest BCUT2D eigenvalue weighted by Crippen LogP contribution is 2.29. The molecule has 2 N–H and O–H groups in total. The molecule has 0 saturated carbocycles. The molecule has 34 heavy (non-hydrogen) atoms. The summed E-state index contributed by atoms with van der Waals surface area (Å²) in [6.07, 6.45) is 4.75. The normalized spacial score (nSPS) is 11.6. The van der Waals surface area contributed by atoms with Gasteiger partial charge < -0.3 is 14.8 Å². The van der Waals surface area contributed by atoms with E-state index in [1.54, 1.807) is 42.9 Å². The van der Waals surface area contributed by atoms with E-state index in [-0.39, 0.29) is 5.69 Å². The Morgan fingerprint density at radius 3 is 2.62 bits per heavy atom. The Bertz CT molecular complexity index is 1500. The Labute approximate surface area is 195 Å². The van der Waals surface area contributed by atoms with E-state index in [1.807, 2.05) is 43.3 Å². The highest BCUT2D eigenvalue weighted by molar-refractivity contribution is 6.04. The fourth-order valence-electron chi connectivity index (χ4n) is 3.51. The predicted molar refractivity (Wildman–Crippen MR) is 126 cm³/mol. The number of amides is 1. The highest BCUT2D eigenvalue weighted by atomic mass is 16.3. The molecular weight excluding hydrogens is 432 g/mol. The van der Waals surface area contributed by atoms with Crippen LogP contribution >= 0.6 is 0 Å². The molecule has 170 valence electrons. The number of aryl methyl sites for hydroxylation is 1. The molecular formula is C25H22N6O3. The fraction of sp³-hybridized carbons (Fsp3) is 0.160. The number of oxazole rings is 1. The van der Waals surface area contributed by atoms with Crippen molar-refractivity contribution < 1.29 is 14.3 Å². The van der Waals surface area contributed by atoms with Crippen molar-refractivity contribution in [3.05, 3.63) is 84.3 Å². The van der Waals surface area contributed by atoms with Crippen molar-refractivity contribution in [2.24, 2.45) is 0 Å². The number of nitrogens with zero attached hydrogens (tertiary/aromatic N) is 5. The topological polar surface area (TPSA) is 118 Å². The van der Waals surface area contributed by atoms with Gasteiger partial charge in [-0.1, -0.05) is 30.3 Å². The first-order valence-corrected chi connectivity index (χ1v) is 10.7. The van der Waals surface area contributed by atoms with Gasteiger partial charge in [0.2, 0.25) is 5.89 Å². The van der Waals surface area contributed by atoms with Crippen molar-refractivity contribution in [3.8, 4) is 22.6 Å². The van der Waals surface area contributed by atoms with Gasteiger partial charge in [0.15, 0.2) is 11.3 Å². The number of nitrogens with one attached hydrogen (secondary N) is 1. The number of pyridine rings is 1.